The van der Waals surface area contributed by atoms with Crippen LogP contribution in [0.25, 0.3) is 0 Å². The summed E-state index contributed by atoms with van der Waals surface area (Å²) >= 11 is 0. The number of hydrogen-bond acceptors (Lipinski definition) is 5. The van der Waals surface area contributed by atoms with Crippen molar-refractivity contribution in [3.8, 4) is 0 Å². The molecular weight excluding hydrogens is 224 g/mol. The first-order valence-electron chi connectivity index (χ1n) is 5.69. The zero-order chi connectivity index (χ0) is 12.8. The molecule has 0 fully saturated rings. The van der Waals surface area contributed by atoms with E-state index in [2.05, 4.69) is 10.1 Å². The lowest BCUT2D eigenvalue weighted by Gasteiger charge is -2.10. The molecule has 0 aliphatic rings. The number of rotatable bonds is 7. The van der Waals surface area contributed by atoms with E-state index in [0.717, 1.165) is 0 Å². The van der Waals surface area contributed by atoms with Gasteiger partial charge in [-0.15, -0.1) is 0 Å². The fourth-order valence-corrected chi connectivity index (χ4v) is 1.29. The van der Waals surface area contributed by atoms with Gasteiger partial charge in [0.15, 0.2) is 5.82 Å². The van der Waals surface area contributed by atoms with Gasteiger partial charge in [-0.2, -0.15) is 4.98 Å². The molecule has 0 aliphatic carbocycles. The molecule has 1 rings (SSSR count). The van der Waals surface area contributed by atoms with Crippen molar-refractivity contribution in [1.82, 2.24) is 10.1 Å². The molecule has 0 saturated heterocycles. The van der Waals surface area contributed by atoms with Crippen molar-refractivity contribution in [2.24, 2.45) is 5.92 Å². The summed E-state index contributed by atoms with van der Waals surface area (Å²) in [4.78, 5) is 15.0. The summed E-state index contributed by atoms with van der Waals surface area (Å²) in [5.74, 6) is -0.785. The van der Waals surface area contributed by atoms with Crippen molar-refractivity contribution < 1.29 is 19.2 Å². The van der Waals surface area contributed by atoms with Crippen LogP contribution in [0.5, 0.6) is 0 Å². The maximum atomic E-state index is 10.8. The van der Waals surface area contributed by atoms with Crippen molar-refractivity contribution >= 4 is 5.97 Å². The topological polar surface area (TPSA) is 85.5 Å². The molecule has 6 heteroatoms. The summed E-state index contributed by atoms with van der Waals surface area (Å²) in [6.45, 7) is 6.49. The molecule has 0 aliphatic heterocycles. The summed E-state index contributed by atoms with van der Waals surface area (Å²) < 4.78 is 10.2. The molecule has 1 heterocycles. The highest BCUT2D eigenvalue weighted by atomic mass is 16.5. The molecule has 2 unspecified atom stereocenters. The van der Waals surface area contributed by atoms with E-state index in [1.54, 1.807) is 13.8 Å². The Morgan fingerprint density at radius 1 is 1.53 bits per heavy atom. The van der Waals surface area contributed by atoms with Gasteiger partial charge in [0, 0.05) is 18.9 Å². The van der Waals surface area contributed by atoms with E-state index in [4.69, 9.17) is 14.4 Å². The molecule has 1 aromatic heterocycles. The van der Waals surface area contributed by atoms with E-state index in [9.17, 15) is 4.79 Å². The SMILES string of the molecule is CCOCCc1noc(C(C)C(C)C(=O)O)n1. The number of ether oxygens (including phenoxy) is 1. The van der Waals surface area contributed by atoms with Gasteiger partial charge in [-0.1, -0.05) is 19.0 Å². The Morgan fingerprint density at radius 3 is 2.82 bits per heavy atom. The van der Waals surface area contributed by atoms with Crippen LogP contribution in [0, 0.1) is 5.92 Å². The minimum atomic E-state index is -0.869. The molecule has 0 radical (unpaired) electrons. The van der Waals surface area contributed by atoms with Crippen LogP contribution in [0.4, 0.5) is 0 Å². The smallest absolute Gasteiger partial charge is 0.307 e. The number of aliphatic carboxylic acids is 1. The van der Waals surface area contributed by atoms with Gasteiger partial charge in [0.1, 0.15) is 0 Å². The van der Waals surface area contributed by atoms with Gasteiger partial charge in [-0.3, -0.25) is 4.79 Å². The van der Waals surface area contributed by atoms with Crippen molar-refractivity contribution in [3.63, 3.8) is 0 Å². The molecule has 1 aromatic rings. The molecule has 17 heavy (non-hydrogen) atoms. The molecule has 96 valence electrons. The fraction of sp³-hybridized carbons (Fsp3) is 0.727. The predicted octanol–water partition coefficient (Wildman–Crippen LogP) is 1.47. The highest BCUT2D eigenvalue weighted by molar-refractivity contribution is 5.70. The summed E-state index contributed by atoms with van der Waals surface area (Å²) in [6, 6.07) is 0. The lowest BCUT2D eigenvalue weighted by Crippen LogP contribution is -2.17. The second kappa shape index (κ2) is 6.34. The maximum Gasteiger partial charge on any atom is 0.307 e. The molecule has 6 nitrogen and oxygen atoms in total. The lowest BCUT2D eigenvalue weighted by molar-refractivity contribution is -0.141. The third-order valence-electron chi connectivity index (χ3n) is 2.69. The van der Waals surface area contributed by atoms with Crippen LogP contribution in [0.2, 0.25) is 0 Å². The highest BCUT2D eigenvalue weighted by Crippen LogP contribution is 2.22. The minimum absolute atomic E-state index is 0.291. The summed E-state index contributed by atoms with van der Waals surface area (Å²) in [6.07, 6.45) is 0.575. The average molecular weight is 242 g/mol. The largest absolute Gasteiger partial charge is 0.481 e. The first-order chi connectivity index (χ1) is 8.06. The standard InChI is InChI=1S/C11H18N2O4/c1-4-16-6-5-9-12-10(17-13-9)7(2)8(3)11(14)15/h7-8H,4-6H2,1-3H3,(H,14,15). The van der Waals surface area contributed by atoms with Gasteiger partial charge in [-0.05, 0) is 6.92 Å². The van der Waals surface area contributed by atoms with Crippen molar-refractivity contribution in [1.29, 1.82) is 0 Å². The van der Waals surface area contributed by atoms with Gasteiger partial charge in [0.25, 0.3) is 0 Å². The monoisotopic (exact) mass is 242 g/mol. The van der Waals surface area contributed by atoms with E-state index >= 15 is 0 Å². The van der Waals surface area contributed by atoms with Gasteiger partial charge < -0.3 is 14.4 Å². The van der Waals surface area contributed by atoms with Gasteiger partial charge in [0.2, 0.25) is 5.89 Å². The Labute approximate surface area is 100.0 Å². The fourth-order valence-electron chi connectivity index (χ4n) is 1.29. The van der Waals surface area contributed by atoms with Crippen molar-refractivity contribution in [3.05, 3.63) is 11.7 Å². The Morgan fingerprint density at radius 2 is 2.24 bits per heavy atom. The number of carboxylic acid groups (broad SMARTS) is 1. The highest BCUT2D eigenvalue weighted by Gasteiger charge is 2.25. The van der Waals surface area contributed by atoms with Gasteiger partial charge >= 0.3 is 5.97 Å². The Kier molecular flexibility index (Phi) is 5.09. The third kappa shape index (κ3) is 3.81. The van der Waals surface area contributed by atoms with E-state index in [-0.39, 0.29) is 5.92 Å². The Hall–Kier alpha value is -1.43. The second-order valence-electron chi connectivity index (χ2n) is 3.91. The van der Waals surface area contributed by atoms with E-state index < -0.39 is 11.9 Å². The summed E-state index contributed by atoms with van der Waals surface area (Å²) in [5, 5.41) is 12.7. The van der Waals surface area contributed by atoms with Crippen LogP contribution in [-0.4, -0.2) is 34.4 Å². The van der Waals surface area contributed by atoms with Gasteiger partial charge in [0.05, 0.1) is 12.5 Å². The van der Waals surface area contributed by atoms with E-state index in [0.29, 0.717) is 31.3 Å². The van der Waals surface area contributed by atoms with Crippen LogP contribution in [0.1, 0.15) is 38.4 Å². The van der Waals surface area contributed by atoms with E-state index in [1.165, 1.54) is 0 Å². The Bertz CT molecular complexity index is 364. The zero-order valence-electron chi connectivity index (χ0n) is 10.3. The minimum Gasteiger partial charge on any atom is -0.481 e. The second-order valence-corrected chi connectivity index (χ2v) is 3.91. The predicted molar refractivity (Wildman–Crippen MR) is 59.7 cm³/mol. The molecule has 0 bridgehead atoms. The lowest BCUT2D eigenvalue weighted by atomic mass is 9.96. The summed E-state index contributed by atoms with van der Waals surface area (Å²) in [7, 11) is 0. The van der Waals surface area contributed by atoms with Crippen LogP contribution in [0.15, 0.2) is 4.52 Å². The summed E-state index contributed by atoms with van der Waals surface area (Å²) in [5.41, 5.74) is 0. The van der Waals surface area contributed by atoms with Crippen LogP contribution in [-0.2, 0) is 16.0 Å². The number of carbonyl (C=O) groups is 1. The Balaban J connectivity index is 2.58. The molecule has 0 saturated carbocycles. The van der Waals surface area contributed by atoms with Crippen LogP contribution >= 0.6 is 0 Å². The average Bonchev–Trinajstić information content (AvgIpc) is 2.76. The van der Waals surface area contributed by atoms with Gasteiger partial charge in [-0.25, -0.2) is 0 Å². The molecule has 0 aromatic carbocycles. The molecule has 2 atom stereocenters. The number of carboxylic acids is 1. The number of aromatic nitrogens is 2. The third-order valence-corrected chi connectivity index (χ3v) is 2.69. The zero-order valence-corrected chi connectivity index (χ0v) is 10.3. The normalized spacial score (nSPS) is 14.5. The maximum absolute atomic E-state index is 10.8. The molecule has 0 spiro atoms. The first kappa shape index (κ1) is 13.6. The molecule has 0 amide bonds. The number of hydrogen-bond donors (Lipinski definition) is 1. The number of nitrogens with zero attached hydrogens (tertiary/aromatic N) is 2. The first-order valence-corrected chi connectivity index (χ1v) is 5.69. The van der Waals surface area contributed by atoms with Crippen molar-refractivity contribution in [2.75, 3.05) is 13.2 Å². The quantitative estimate of drug-likeness (QED) is 0.729. The molecule has 1 N–H and O–H groups in total. The van der Waals surface area contributed by atoms with Crippen LogP contribution < -0.4 is 0 Å². The van der Waals surface area contributed by atoms with Crippen molar-refractivity contribution in [2.45, 2.75) is 33.1 Å². The van der Waals surface area contributed by atoms with E-state index in [1.807, 2.05) is 6.92 Å². The molecular formula is C11H18N2O4. The van der Waals surface area contributed by atoms with Crippen LogP contribution in [0.3, 0.4) is 0 Å².